The van der Waals surface area contributed by atoms with E-state index in [1.165, 1.54) is 7.11 Å². The largest absolute Gasteiger partial charge is 0.359 e. The minimum absolute atomic E-state index is 0.0306. The average Bonchev–Trinajstić information content (AvgIpc) is 3.12. The van der Waals surface area contributed by atoms with E-state index in [0.29, 0.717) is 0 Å². The molecule has 0 aromatic heterocycles. The van der Waals surface area contributed by atoms with Gasteiger partial charge in [-0.3, -0.25) is 8.37 Å². The van der Waals surface area contributed by atoms with Crippen molar-refractivity contribution >= 4 is 20.2 Å². The van der Waals surface area contributed by atoms with Gasteiger partial charge in [0.05, 0.1) is 31.8 Å². The molecule has 2 rings (SSSR count). The maximum absolute atomic E-state index is 12.1. The Balaban J connectivity index is 2.34. The number of ether oxygens (including phenoxy) is 6. The number of hydrogen-bond acceptors (Lipinski definition) is 12. The highest BCUT2D eigenvalue weighted by atomic mass is 32.2. The maximum Gasteiger partial charge on any atom is 0.264 e. The van der Waals surface area contributed by atoms with Crippen LogP contribution in [0, 0.1) is 0 Å². The van der Waals surface area contributed by atoms with Crippen LogP contribution in [0.15, 0.2) is 0 Å². The van der Waals surface area contributed by atoms with Crippen molar-refractivity contribution in [3.05, 3.63) is 0 Å². The summed E-state index contributed by atoms with van der Waals surface area (Å²) in [5.41, 5.74) is 0. The van der Waals surface area contributed by atoms with E-state index >= 15 is 0 Å². The first-order valence-corrected chi connectivity index (χ1v) is 13.7. The lowest BCUT2D eigenvalue weighted by Gasteiger charge is -2.33. The van der Waals surface area contributed by atoms with Crippen LogP contribution < -0.4 is 0 Å². The molecule has 0 radical (unpaired) electrons. The van der Waals surface area contributed by atoms with Crippen LogP contribution in [-0.4, -0.2) is 98.6 Å². The Morgan fingerprint density at radius 1 is 0.969 bits per heavy atom. The van der Waals surface area contributed by atoms with Crippen LogP contribution in [0.1, 0.15) is 34.1 Å². The average molecular weight is 507 g/mol. The molecule has 2 fully saturated rings. The molecule has 2 aliphatic rings. The van der Waals surface area contributed by atoms with Crippen molar-refractivity contribution in [2.45, 2.75) is 76.2 Å². The van der Waals surface area contributed by atoms with Gasteiger partial charge < -0.3 is 28.4 Å². The predicted molar refractivity (Wildman–Crippen MR) is 111 cm³/mol. The summed E-state index contributed by atoms with van der Waals surface area (Å²) in [5.74, 6) is -1.94. The second kappa shape index (κ2) is 10.5. The van der Waals surface area contributed by atoms with Gasteiger partial charge in [0.2, 0.25) is 0 Å². The van der Waals surface area contributed by atoms with Crippen molar-refractivity contribution in [3.8, 4) is 0 Å². The molecular formula is C18H34O12S2. The van der Waals surface area contributed by atoms with Gasteiger partial charge in [0, 0.05) is 13.5 Å². The molecule has 14 heteroatoms. The summed E-state index contributed by atoms with van der Waals surface area (Å²) >= 11 is 0. The Morgan fingerprint density at radius 3 is 2.12 bits per heavy atom. The predicted octanol–water partition coefficient (Wildman–Crippen LogP) is 0.358. The molecule has 0 spiro atoms. The van der Waals surface area contributed by atoms with Crippen LogP contribution in [0.3, 0.4) is 0 Å². The van der Waals surface area contributed by atoms with E-state index < -0.39 is 62.3 Å². The van der Waals surface area contributed by atoms with Crippen molar-refractivity contribution in [2.75, 3.05) is 39.6 Å². The van der Waals surface area contributed by atoms with Gasteiger partial charge in [-0.1, -0.05) is 0 Å². The lowest BCUT2D eigenvalue weighted by atomic mass is 9.98. The number of methoxy groups -OCH3 is 1. The zero-order chi connectivity index (χ0) is 24.4. The third kappa shape index (κ3) is 8.74. The molecule has 12 nitrogen and oxygen atoms in total. The number of rotatable bonds is 12. The first-order valence-electron chi connectivity index (χ1n) is 10.0. The van der Waals surface area contributed by atoms with E-state index in [9.17, 15) is 16.8 Å². The lowest BCUT2D eigenvalue weighted by molar-refractivity contribution is -0.177. The van der Waals surface area contributed by atoms with Crippen LogP contribution in [0.2, 0.25) is 0 Å². The second-order valence-corrected chi connectivity index (χ2v) is 11.9. The minimum Gasteiger partial charge on any atom is -0.359 e. The van der Waals surface area contributed by atoms with Crippen LogP contribution >= 0.6 is 0 Å². The fourth-order valence-electron chi connectivity index (χ4n) is 3.58. The summed E-state index contributed by atoms with van der Waals surface area (Å²) in [4.78, 5) is 0. The molecular weight excluding hydrogens is 472 g/mol. The van der Waals surface area contributed by atoms with Crippen LogP contribution in [0.5, 0.6) is 0 Å². The Labute approximate surface area is 190 Å². The van der Waals surface area contributed by atoms with Crippen LogP contribution in [0.4, 0.5) is 0 Å². The van der Waals surface area contributed by atoms with Gasteiger partial charge in [0.25, 0.3) is 20.2 Å². The summed E-state index contributed by atoms with van der Waals surface area (Å²) in [5, 5.41) is 0. The van der Waals surface area contributed by atoms with Crippen molar-refractivity contribution < 1.29 is 53.6 Å². The maximum atomic E-state index is 12.1. The first-order chi connectivity index (χ1) is 14.5. The quantitative estimate of drug-likeness (QED) is 0.266. The molecule has 0 saturated carbocycles. The van der Waals surface area contributed by atoms with Gasteiger partial charge in [-0.05, 0) is 27.7 Å². The van der Waals surface area contributed by atoms with E-state index in [-0.39, 0.29) is 26.4 Å². The van der Waals surface area contributed by atoms with Gasteiger partial charge in [-0.15, -0.1) is 0 Å². The Hall–Kier alpha value is -0.420. The Bertz CT molecular complexity index is 823. The van der Waals surface area contributed by atoms with Crippen LogP contribution in [0.25, 0.3) is 0 Å². The molecule has 0 N–H and O–H groups in total. The first kappa shape index (κ1) is 27.8. The molecule has 32 heavy (non-hydrogen) atoms. The highest BCUT2D eigenvalue weighted by molar-refractivity contribution is 7.86. The fourth-order valence-corrected chi connectivity index (χ4v) is 4.62. The van der Waals surface area contributed by atoms with Crippen molar-refractivity contribution in [2.24, 2.45) is 0 Å². The van der Waals surface area contributed by atoms with E-state index in [0.717, 1.165) is 12.5 Å². The van der Waals surface area contributed by atoms with Crippen molar-refractivity contribution in [1.29, 1.82) is 0 Å². The summed E-state index contributed by atoms with van der Waals surface area (Å²) in [7, 11) is -6.30. The zero-order valence-corrected chi connectivity index (χ0v) is 21.1. The van der Waals surface area contributed by atoms with Crippen LogP contribution in [-0.2, 0) is 57.0 Å². The molecule has 190 valence electrons. The molecule has 2 saturated heterocycles. The van der Waals surface area contributed by atoms with Gasteiger partial charge in [-0.2, -0.15) is 16.8 Å². The second-order valence-electron chi connectivity index (χ2n) is 8.62. The molecule has 0 amide bonds. The smallest absolute Gasteiger partial charge is 0.264 e. The van der Waals surface area contributed by atoms with E-state index in [2.05, 4.69) is 0 Å². The molecule has 0 unspecified atom stereocenters. The summed E-state index contributed by atoms with van der Waals surface area (Å²) in [6.45, 7) is 6.58. The fraction of sp³-hybridized carbons (Fsp3) is 1.00. The molecule has 0 bridgehead atoms. The standard InChI is InChI=1S/C18H34O12S2/c1-17(2)25-10-13(27-17)14-16(29-18(3,4)28-14)15(30-32(7,21)22)12(24-11-23-5)8-9-26-31(6,19)20/h12-16H,8-11H2,1-7H3/t12-,13+,14+,15+,16-/m0/s1. The number of hydrogen-bond donors (Lipinski definition) is 0. The van der Waals surface area contributed by atoms with Gasteiger partial charge >= 0.3 is 0 Å². The molecule has 0 aliphatic carbocycles. The van der Waals surface area contributed by atoms with Crippen molar-refractivity contribution in [1.82, 2.24) is 0 Å². The highest BCUT2D eigenvalue weighted by Gasteiger charge is 2.54. The third-order valence-electron chi connectivity index (χ3n) is 4.64. The summed E-state index contributed by atoms with van der Waals surface area (Å²) in [6, 6.07) is 0. The Morgan fingerprint density at radius 2 is 1.62 bits per heavy atom. The van der Waals surface area contributed by atoms with Crippen molar-refractivity contribution in [3.63, 3.8) is 0 Å². The molecule has 5 atom stereocenters. The van der Waals surface area contributed by atoms with Gasteiger partial charge in [0.1, 0.15) is 31.2 Å². The van der Waals surface area contributed by atoms with E-state index in [1.807, 2.05) is 0 Å². The normalized spacial score (nSPS) is 29.8. The van der Waals surface area contributed by atoms with Gasteiger partial charge in [0.15, 0.2) is 11.6 Å². The molecule has 0 aromatic rings. The SMILES string of the molecule is COCO[C@@H](CCOS(C)(=O)=O)[C@@H](OS(C)(=O)=O)[C@H]1OC(C)(C)O[C@@H]1[C@H]1COC(C)(C)O1. The Kier molecular flexibility index (Phi) is 9.09. The topological polar surface area (TPSA) is 142 Å². The van der Waals surface area contributed by atoms with E-state index in [1.54, 1.807) is 27.7 Å². The minimum atomic E-state index is -3.98. The lowest BCUT2D eigenvalue weighted by Crippen LogP contribution is -2.51. The monoisotopic (exact) mass is 506 g/mol. The molecule has 2 aliphatic heterocycles. The molecule has 0 aromatic carbocycles. The zero-order valence-electron chi connectivity index (χ0n) is 19.4. The molecule has 2 heterocycles. The van der Waals surface area contributed by atoms with E-state index in [4.69, 9.17) is 36.8 Å². The summed E-state index contributed by atoms with van der Waals surface area (Å²) < 4.78 is 91.4. The highest BCUT2D eigenvalue weighted by Crippen LogP contribution is 2.39. The van der Waals surface area contributed by atoms with Gasteiger partial charge in [-0.25, -0.2) is 0 Å². The third-order valence-corrected chi connectivity index (χ3v) is 5.80. The summed E-state index contributed by atoms with van der Waals surface area (Å²) in [6.07, 6.45) is -2.71.